The number of methoxy groups -OCH3 is 2. The number of fused-ring (bicyclic) bond motifs is 1. The first-order chi connectivity index (χ1) is 16.1. The minimum atomic E-state index is -0.0980. The molecule has 3 unspecified atom stereocenters. The van der Waals surface area contributed by atoms with Crippen LogP contribution in [0.25, 0.3) is 0 Å². The smallest absolute Gasteiger partial charge is 0.251 e. The van der Waals surface area contributed by atoms with E-state index in [9.17, 15) is 9.59 Å². The molecule has 1 saturated carbocycles. The average molecular weight is 452 g/mol. The lowest BCUT2D eigenvalue weighted by Crippen LogP contribution is -2.60. The van der Waals surface area contributed by atoms with Crippen molar-refractivity contribution in [2.24, 2.45) is 11.8 Å². The van der Waals surface area contributed by atoms with Gasteiger partial charge in [-0.2, -0.15) is 0 Å². The van der Waals surface area contributed by atoms with E-state index in [1.54, 1.807) is 14.2 Å². The first-order valence-corrected chi connectivity index (χ1v) is 11.7. The number of ether oxygens (including phenoxy) is 2. The molecular weight excluding hydrogens is 418 g/mol. The number of benzene rings is 2. The van der Waals surface area contributed by atoms with Crippen LogP contribution in [0.2, 0.25) is 0 Å². The van der Waals surface area contributed by atoms with E-state index in [0.717, 1.165) is 48.3 Å². The van der Waals surface area contributed by atoms with E-state index in [1.165, 1.54) is 6.42 Å². The van der Waals surface area contributed by atoms with Gasteiger partial charge >= 0.3 is 0 Å². The molecule has 2 aromatic rings. The number of hydrogen-bond acceptors (Lipinski definition) is 5. The van der Waals surface area contributed by atoms with Crippen molar-refractivity contribution in [3.63, 3.8) is 0 Å². The Hall–Kier alpha value is -3.06. The second kappa shape index (κ2) is 10.7. The lowest BCUT2D eigenvalue weighted by Gasteiger charge is -2.41. The van der Waals surface area contributed by atoms with Gasteiger partial charge in [0.05, 0.1) is 14.2 Å². The third-order valence-electron chi connectivity index (χ3n) is 6.87. The van der Waals surface area contributed by atoms with Crippen LogP contribution in [0.4, 0.5) is 0 Å². The van der Waals surface area contributed by atoms with Gasteiger partial charge in [0.1, 0.15) is 11.5 Å². The number of hydrazine groups is 1. The SMILES string of the molecule is COc1ccc(OC)c(CCNC(=O)c2cccc(CC3NNC(=O)C4CCCCC34)c2)c1. The van der Waals surface area contributed by atoms with Crippen LogP contribution in [0.1, 0.15) is 47.2 Å². The molecule has 0 bridgehead atoms. The van der Waals surface area contributed by atoms with Crippen LogP contribution in [-0.4, -0.2) is 38.6 Å². The fraction of sp³-hybridized carbons (Fsp3) is 0.462. The number of hydrogen-bond donors (Lipinski definition) is 3. The molecule has 0 spiro atoms. The van der Waals surface area contributed by atoms with Crippen molar-refractivity contribution in [1.29, 1.82) is 0 Å². The number of nitrogens with one attached hydrogen (secondary N) is 3. The molecule has 1 aliphatic heterocycles. The largest absolute Gasteiger partial charge is 0.497 e. The van der Waals surface area contributed by atoms with Crippen molar-refractivity contribution in [1.82, 2.24) is 16.2 Å². The van der Waals surface area contributed by atoms with Crippen molar-refractivity contribution in [3.05, 3.63) is 59.2 Å². The normalized spacial score (nSPS) is 22.1. The Labute approximate surface area is 195 Å². The summed E-state index contributed by atoms with van der Waals surface area (Å²) in [5.74, 6) is 2.02. The van der Waals surface area contributed by atoms with Gasteiger partial charge in [-0.25, -0.2) is 5.43 Å². The van der Waals surface area contributed by atoms with E-state index in [2.05, 4.69) is 16.2 Å². The molecule has 1 aliphatic carbocycles. The quantitative estimate of drug-likeness (QED) is 0.574. The van der Waals surface area contributed by atoms with Gasteiger partial charge in [0.25, 0.3) is 5.91 Å². The Kier molecular flexibility index (Phi) is 7.50. The number of carbonyl (C=O) groups excluding carboxylic acids is 2. The van der Waals surface area contributed by atoms with E-state index in [1.807, 2.05) is 42.5 Å². The average Bonchev–Trinajstić information content (AvgIpc) is 2.86. The maximum absolute atomic E-state index is 12.8. The highest BCUT2D eigenvalue weighted by atomic mass is 16.5. The minimum absolute atomic E-state index is 0.0980. The Bertz CT molecular complexity index is 993. The molecule has 3 N–H and O–H groups in total. The first kappa shape index (κ1) is 23.1. The molecule has 2 aromatic carbocycles. The molecule has 2 fully saturated rings. The fourth-order valence-electron chi connectivity index (χ4n) is 5.12. The molecule has 176 valence electrons. The Morgan fingerprint density at radius 3 is 2.76 bits per heavy atom. The number of amides is 2. The highest BCUT2D eigenvalue weighted by Gasteiger charge is 2.39. The van der Waals surface area contributed by atoms with Gasteiger partial charge in [-0.05, 0) is 73.1 Å². The molecule has 0 aromatic heterocycles. The predicted octanol–water partition coefficient (Wildman–Crippen LogP) is 3.03. The van der Waals surface area contributed by atoms with Gasteiger partial charge in [0.15, 0.2) is 0 Å². The summed E-state index contributed by atoms with van der Waals surface area (Å²) in [4.78, 5) is 25.0. The highest BCUT2D eigenvalue weighted by Crippen LogP contribution is 2.35. The van der Waals surface area contributed by atoms with Crippen LogP contribution in [0.15, 0.2) is 42.5 Å². The summed E-state index contributed by atoms with van der Waals surface area (Å²) in [5, 5.41) is 3.01. The third kappa shape index (κ3) is 5.47. The molecule has 7 nitrogen and oxygen atoms in total. The molecule has 2 amide bonds. The second-order valence-corrected chi connectivity index (χ2v) is 8.88. The summed E-state index contributed by atoms with van der Waals surface area (Å²) >= 11 is 0. The molecule has 7 heteroatoms. The van der Waals surface area contributed by atoms with E-state index in [0.29, 0.717) is 24.4 Å². The third-order valence-corrected chi connectivity index (χ3v) is 6.87. The molecule has 2 aliphatic rings. The molecule has 4 rings (SSSR count). The highest BCUT2D eigenvalue weighted by molar-refractivity contribution is 5.94. The van der Waals surface area contributed by atoms with Gasteiger partial charge in [-0.15, -0.1) is 0 Å². The van der Waals surface area contributed by atoms with Gasteiger partial charge in [-0.3, -0.25) is 15.0 Å². The van der Waals surface area contributed by atoms with E-state index in [-0.39, 0.29) is 23.8 Å². The van der Waals surface area contributed by atoms with Gasteiger partial charge < -0.3 is 14.8 Å². The predicted molar refractivity (Wildman–Crippen MR) is 126 cm³/mol. The first-order valence-electron chi connectivity index (χ1n) is 11.7. The van der Waals surface area contributed by atoms with Gasteiger partial charge in [0.2, 0.25) is 5.91 Å². The zero-order chi connectivity index (χ0) is 23.2. The van der Waals surface area contributed by atoms with Crippen molar-refractivity contribution < 1.29 is 19.1 Å². The molecule has 33 heavy (non-hydrogen) atoms. The maximum Gasteiger partial charge on any atom is 0.251 e. The Morgan fingerprint density at radius 1 is 1.09 bits per heavy atom. The van der Waals surface area contributed by atoms with Crippen LogP contribution in [0, 0.1) is 11.8 Å². The van der Waals surface area contributed by atoms with Crippen molar-refractivity contribution in [2.45, 2.75) is 44.6 Å². The van der Waals surface area contributed by atoms with Crippen molar-refractivity contribution >= 4 is 11.8 Å². The zero-order valence-electron chi connectivity index (χ0n) is 19.4. The van der Waals surface area contributed by atoms with Crippen LogP contribution < -0.4 is 25.6 Å². The number of carbonyl (C=O) groups is 2. The standard InChI is InChI=1S/C26H33N3O4/c1-32-20-10-11-24(33-2)18(16-20)12-13-27-25(30)19-7-5-6-17(14-19)15-23-21-8-3-4-9-22(21)26(31)29-28-23/h5-7,10-11,14,16,21-23,28H,3-4,8-9,12-13,15H2,1-2H3,(H,27,30)(H,29,31). The summed E-state index contributed by atoms with van der Waals surface area (Å²) in [6.45, 7) is 0.493. The lowest BCUT2D eigenvalue weighted by molar-refractivity contribution is -0.133. The maximum atomic E-state index is 12.8. The van der Waals surface area contributed by atoms with E-state index < -0.39 is 0 Å². The van der Waals surface area contributed by atoms with Gasteiger partial charge in [0, 0.05) is 24.1 Å². The minimum Gasteiger partial charge on any atom is -0.497 e. The van der Waals surface area contributed by atoms with Crippen molar-refractivity contribution in [3.8, 4) is 11.5 Å². The second-order valence-electron chi connectivity index (χ2n) is 8.88. The Balaban J connectivity index is 1.36. The summed E-state index contributed by atoms with van der Waals surface area (Å²) in [7, 11) is 3.27. The van der Waals surface area contributed by atoms with Crippen LogP contribution in [0.3, 0.4) is 0 Å². The summed E-state index contributed by atoms with van der Waals surface area (Å²) < 4.78 is 10.7. The Morgan fingerprint density at radius 2 is 1.94 bits per heavy atom. The lowest BCUT2D eigenvalue weighted by atomic mass is 9.72. The van der Waals surface area contributed by atoms with E-state index >= 15 is 0 Å². The fourth-order valence-corrected chi connectivity index (χ4v) is 5.12. The van der Waals surface area contributed by atoms with Gasteiger partial charge in [-0.1, -0.05) is 25.0 Å². The zero-order valence-corrected chi connectivity index (χ0v) is 19.4. The molecular formula is C26H33N3O4. The number of rotatable bonds is 8. The summed E-state index contributed by atoms with van der Waals surface area (Å²) in [6, 6.07) is 13.6. The molecule has 1 saturated heterocycles. The summed E-state index contributed by atoms with van der Waals surface area (Å²) in [5.41, 5.74) is 8.80. The monoisotopic (exact) mass is 451 g/mol. The molecule has 3 atom stereocenters. The van der Waals surface area contributed by atoms with Crippen LogP contribution in [0.5, 0.6) is 11.5 Å². The summed E-state index contributed by atoms with van der Waals surface area (Å²) in [6.07, 6.45) is 5.76. The topological polar surface area (TPSA) is 88.7 Å². The van der Waals surface area contributed by atoms with Crippen molar-refractivity contribution in [2.75, 3.05) is 20.8 Å². The van der Waals surface area contributed by atoms with Crippen LogP contribution in [-0.2, 0) is 17.6 Å². The van der Waals surface area contributed by atoms with E-state index in [4.69, 9.17) is 9.47 Å². The van der Waals surface area contributed by atoms with Crippen LogP contribution >= 0.6 is 0 Å². The molecule has 1 heterocycles. The molecule has 0 radical (unpaired) electrons.